The van der Waals surface area contributed by atoms with Crippen LogP contribution in [-0.2, 0) is 19.4 Å². The van der Waals surface area contributed by atoms with Crippen molar-refractivity contribution in [1.29, 1.82) is 0 Å². The van der Waals surface area contributed by atoms with Crippen LogP contribution in [0.4, 0.5) is 5.69 Å². The van der Waals surface area contributed by atoms with Crippen molar-refractivity contribution in [2.45, 2.75) is 19.4 Å². The third-order valence-corrected chi connectivity index (χ3v) is 5.54. The van der Waals surface area contributed by atoms with Gasteiger partial charge in [-0.3, -0.25) is 9.59 Å². The van der Waals surface area contributed by atoms with Gasteiger partial charge in [-0.1, -0.05) is 0 Å². The van der Waals surface area contributed by atoms with Gasteiger partial charge >= 0.3 is 11.8 Å². The fraction of sp³-hybridized carbons (Fsp3) is 0.467. The fourth-order valence-electron chi connectivity index (χ4n) is 2.58. The smallest absolute Gasteiger partial charge is 0.313 e. The Morgan fingerprint density at radius 3 is 2.43 bits per heavy atom. The summed E-state index contributed by atoms with van der Waals surface area (Å²) < 4.78 is 28.1. The molecule has 1 aliphatic rings. The van der Waals surface area contributed by atoms with Gasteiger partial charge in [-0.25, -0.2) is 8.42 Å². The number of nitrogens with zero attached hydrogens (tertiary/aromatic N) is 1. The number of hydrogen-bond donors (Lipinski definition) is 1. The first-order valence-electron chi connectivity index (χ1n) is 7.32. The minimum atomic E-state index is -3.12. The van der Waals surface area contributed by atoms with E-state index in [-0.39, 0.29) is 18.1 Å². The van der Waals surface area contributed by atoms with Crippen LogP contribution in [0.3, 0.4) is 0 Å². The van der Waals surface area contributed by atoms with Crippen molar-refractivity contribution < 1.29 is 22.7 Å². The second kappa shape index (κ2) is 6.99. The average molecular weight is 340 g/mol. The molecule has 0 bridgehead atoms. The lowest BCUT2D eigenvalue weighted by molar-refractivity contribution is -0.144. The first kappa shape index (κ1) is 17.3. The lowest BCUT2D eigenvalue weighted by atomic mass is 10.2. The van der Waals surface area contributed by atoms with Crippen LogP contribution in [0.15, 0.2) is 24.3 Å². The molecule has 1 atom stereocenters. The molecule has 1 saturated heterocycles. The van der Waals surface area contributed by atoms with Crippen molar-refractivity contribution in [3.63, 3.8) is 0 Å². The predicted octanol–water partition coefficient (Wildman–Crippen LogP) is 0.669. The number of hydrogen-bond acceptors (Lipinski definition) is 5. The molecule has 1 unspecified atom stereocenters. The third-order valence-electron chi connectivity index (χ3n) is 3.79. The maximum Gasteiger partial charge on any atom is 0.313 e. The van der Waals surface area contributed by atoms with Gasteiger partial charge in [0.05, 0.1) is 18.6 Å². The highest BCUT2D eigenvalue weighted by atomic mass is 32.2. The zero-order chi connectivity index (χ0) is 17.0. The molecule has 23 heavy (non-hydrogen) atoms. The number of ether oxygens (including phenoxy) is 1. The molecular formula is C15H20N2O5S. The zero-order valence-electron chi connectivity index (χ0n) is 13.1. The quantitative estimate of drug-likeness (QED) is 0.813. The Bertz CT molecular complexity index is 684. The van der Waals surface area contributed by atoms with Crippen molar-refractivity contribution in [3.8, 4) is 5.75 Å². The maximum absolute atomic E-state index is 12.3. The van der Waals surface area contributed by atoms with Crippen molar-refractivity contribution in [1.82, 2.24) is 4.90 Å². The fourth-order valence-corrected chi connectivity index (χ4v) is 4.31. The van der Waals surface area contributed by atoms with Gasteiger partial charge in [-0.15, -0.1) is 0 Å². The van der Waals surface area contributed by atoms with Crippen LogP contribution in [0, 0.1) is 0 Å². The van der Waals surface area contributed by atoms with Crippen molar-refractivity contribution in [2.24, 2.45) is 0 Å². The normalized spacial score (nSPS) is 19.1. The standard InChI is InChI=1S/C15H20N2O5S/c1-3-17(12-8-9-23(20,21)10-12)15(19)14(18)16-11-4-6-13(22-2)7-5-11/h4-7,12H,3,8-10H2,1-2H3,(H,16,18). The van der Waals surface area contributed by atoms with Crippen LogP contribution >= 0.6 is 0 Å². The Labute approximate surface area is 135 Å². The summed E-state index contributed by atoms with van der Waals surface area (Å²) in [5.74, 6) is -0.878. The summed E-state index contributed by atoms with van der Waals surface area (Å²) in [6, 6.07) is 6.16. The van der Waals surface area contributed by atoms with Crippen LogP contribution in [0.5, 0.6) is 5.75 Å². The molecule has 7 nitrogen and oxygen atoms in total. The third kappa shape index (κ3) is 4.22. The number of sulfone groups is 1. The second-order valence-corrected chi connectivity index (χ2v) is 7.56. The Morgan fingerprint density at radius 1 is 1.30 bits per heavy atom. The van der Waals surface area contributed by atoms with E-state index in [1.54, 1.807) is 31.2 Å². The number of anilines is 1. The molecule has 1 aromatic carbocycles. The summed E-state index contributed by atoms with van der Waals surface area (Å²) in [7, 11) is -1.58. The van der Waals surface area contributed by atoms with Crippen LogP contribution in [0.2, 0.25) is 0 Å². The molecule has 8 heteroatoms. The van der Waals surface area contributed by atoms with E-state index in [1.807, 2.05) is 0 Å². The lowest BCUT2D eigenvalue weighted by Crippen LogP contribution is -2.46. The Kier molecular flexibility index (Phi) is 5.25. The van der Waals surface area contributed by atoms with Gasteiger partial charge in [-0.05, 0) is 37.6 Å². The summed E-state index contributed by atoms with van der Waals surface area (Å²) in [6.07, 6.45) is 0.373. The number of amides is 2. The Hall–Kier alpha value is -2.09. The monoisotopic (exact) mass is 340 g/mol. The number of methoxy groups -OCH3 is 1. The van der Waals surface area contributed by atoms with E-state index in [9.17, 15) is 18.0 Å². The highest BCUT2D eigenvalue weighted by Crippen LogP contribution is 2.19. The van der Waals surface area contributed by atoms with Crippen molar-refractivity contribution in [2.75, 3.05) is 30.5 Å². The van der Waals surface area contributed by atoms with Gasteiger partial charge in [0.2, 0.25) is 0 Å². The Balaban J connectivity index is 2.03. The average Bonchev–Trinajstić information content (AvgIpc) is 2.88. The summed E-state index contributed by atoms with van der Waals surface area (Å²) in [5.41, 5.74) is 0.472. The molecule has 2 rings (SSSR count). The van der Waals surface area contributed by atoms with E-state index in [0.29, 0.717) is 17.9 Å². The first-order chi connectivity index (χ1) is 10.9. The van der Waals surface area contributed by atoms with Crippen LogP contribution in [0.1, 0.15) is 13.3 Å². The summed E-state index contributed by atoms with van der Waals surface area (Å²) >= 11 is 0. The van der Waals surface area contributed by atoms with Gasteiger partial charge in [0.25, 0.3) is 0 Å². The molecule has 1 heterocycles. The van der Waals surface area contributed by atoms with E-state index in [2.05, 4.69) is 5.32 Å². The maximum atomic E-state index is 12.3. The topological polar surface area (TPSA) is 92.8 Å². The SMILES string of the molecule is CCN(C(=O)C(=O)Nc1ccc(OC)cc1)C1CCS(=O)(=O)C1. The van der Waals surface area contributed by atoms with E-state index in [0.717, 1.165) is 0 Å². The van der Waals surface area contributed by atoms with Gasteiger partial charge < -0.3 is 15.0 Å². The number of rotatable bonds is 4. The zero-order valence-corrected chi connectivity index (χ0v) is 13.9. The summed E-state index contributed by atoms with van der Waals surface area (Å²) in [5, 5.41) is 2.52. The van der Waals surface area contributed by atoms with Crippen molar-refractivity contribution >= 4 is 27.3 Å². The van der Waals surface area contributed by atoms with E-state index >= 15 is 0 Å². The number of carbonyl (C=O) groups is 2. The van der Waals surface area contributed by atoms with Crippen LogP contribution < -0.4 is 10.1 Å². The van der Waals surface area contributed by atoms with Gasteiger partial charge in [-0.2, -0.15) is 0 Å². The Morgan fingerprint density at radius 2 is 1.96 bits per heavy atom. The number of likely N-dealkylation sites (N-methyl/N-ethyl adjacent to an activating group) is 1. The molecular weight excluding hydrogens is 320 g/mol. The summed E-state index contributed by atoms with van der Waals surface area (Å²) in [6.45, 7) is 2.01. The van der Waals surface area contributed by atoms with Gasteiger partial charge in [0, 0.05) is 18.3 Å². The molecule has 0 aromatic heterocycles. The molecule has 1 aromatic rings. The highest BCUT2D eigenvalue weighted by Gasteiger charge is 2.35. The van der Waals surface area contributed by atoms with Gasteiger partial charge in [0.15, 0.2) is 9.84 Å². The van der Waals surface area contributed by atoms with Crippen molar-refractivity contribution in [3.05, 3.63) is 24.3 Å². The number of benzene rings is 1. The molecule has 0 spiro atoms. The largest absolute Gasteiger partial charge is 0.497 e. The minimum absolute atomic E-state index is 0.0571. The molecule has 0 aliphatic carbocycles. The molecule has 1 fully saturated rings. The number of nitrogens with one attached hydrogen (secondary N) is 1. The van der Waals surface area contributed by atoms with Crippen LogP contribution in [-0.4, -0.2) is 56.3 Å². The first-order valence-corrected chi connectivity index (χ1v) is 9.15. The minimum Gasteiger partial charge on any atom is -0.497 e. The molecule has 1 N–H and O–H groups in total. The number of carbonyl (C=O) groups excluding carboxylic acids is 2. The summed E-state index contributed by atoms with van der Waals surface area (Å²) in [4.78, 5) is 25.7. The van der Waals surface area contributed by atoms with E-state index in [4.69, 9.17) is 4.74 Å². The van der Waals surface area contributed by atoms with E-state index in [1.165, 1.54) is 12.0 Å². The second-order valence-electron chi connectivity index (χ2n) is 5.33. The van der Waals surface area contributed by atoms with Crippen LogP contribution in [0.25, 0.3) is 0 Å². The molecule has 0 saturated carbocycles. The van der Waals surface area contributed by atoms with E-state index < -0.39 is 27.7 Å². The van der Waals surface area contributed by atoms with Gasteiger partial charge in [0.1, 0.15) is 5.75 Å². The molecule has 1 aliphatic heterocycles. The molecule has 2 amide bonds. The lowest BCUT2D eigenvalue weighted by Gasteiger charge is -2.26. The highest BCUT2D eigenvalue weighted by molar-refractivity contribution is 7.91. The molecule has 0 radical (unpaired) electrons. The molecule has 126 valence electrons. The predicted molar refractivity (Wildman–Crippen MR) is 86.1 cm³/mol.